The molecule has 0 spiro atoms. The zero-order chi connectivity index (χ0) is 16.5. The van der Waals surface area contributed by atoms with Crippen LogP contribution < -0.4 is 0 Å². The molecular formula is C15H20FN3O2S. The molecule has 1 aromatic carbocycles. The fourth-order valence-corrected chi connectivity index (χ4v) is 4.69. The molecule has 0 saturated carbocycles. The van der Waals surface area contributed by atoms with Crippen LogP contribution in [0.1, 0.15) is 26.3 Å². The molecule has 0 N–H and O–H groups in total. The molecule has 1 saturated heterocycles. The van der Waals surface area contributed by atoms with Crippen LogP contribution in [0.4, 0.5) is 4.39 Å². The summed E-state index contributed by atoms with van der Waals surface area (Å²) in [6, 6.07) is 5.40. The van der Waals surface area contributed by atoms with Gasteiger partial charge >= 0.3 is 0 Å². The number of halogens is 1. The second kappa shape index (κ2) is 6.32. The molecule has 0 amide bonds. The van der Waals surface area contributed by atoms with Gasteiger partial charge in [-0.1, -0.05) is 6.92 Å². The van der Waals surface area contributed by atoms with Crippen molar-refractivity contribution in [2.45, 2.75) is 37.8 Å². The van der Waals surface area contributed by atoms with E-state index in [1.807, 2.05) is 20.8 Å². The third-order valence-electron chi connectivity index (χ3n) is 4.11. The monoisotopic (exact) mass is 325 g/mol. The SMILES string of the molecule is CCN1[C@H](C)CN(S(=O)(=O)c2ccc(C#N)cc2F)C[C@@H]1C. The average molecular weight is 325 g/mol. The van der Waals surface area contributed by atoms with Crippen molar-refractivity contribution < 1.29 is 12.8 Å². The first-order chi connectivity index (χ1) is 10.3. The van der Waals surface area contributed by atoms with E-state index in [-0.39, 0.29) is 22.5 Å². The minimum absolute atomic E-state index is 0.0740. The van der Waals surface area contributed by atoms with Crippen LogP contribution in [0.15, 0.2) is 23.1 Å². The van der Waals surface area contributed by atoms with Gasteiger partial charge in [-0.25, -0.2) is 12.8 Å². The number of hydrogen-bond donors (Lipinski definition) is 0. The van der Waals surface area contributed by atoms with Gasteiger partial charge in [-0.15, -0.1) is 0 Å². The van der Waals surface area contributed by atoms with Crippen molar-refractivity contribution in [3.8, 4) is 6.07 Å². The van der Waals surface area contributed by atoms with Crippen molar-refractivity contribution in [3.63, 3.8) is 0 Å². The second-order valence-corrected chi connectivity index (χ2v) is 7.51. The molecule has 0 unspecified atom stereocenters. The van der Waals surface area contributed by atoms with Crippen LogP contribution in [0.25, 0.3) is 0 Å². The summed E-state index contributed by atoms with van der Waals surface area (Å²) in [7, 11) is -3.89. The molecule has 120 valence electrons. The highest BCUT2D eigenvalue weighted by atomic mass is 32.2. The molecule has 0 aromatic heterocycles. The Balaban J connectivity index is 2.34. The summed E-state index contributed by atoms with van der Waals surface area (Å²) in [6.45, 7) is 7.49. The van der Waals surface area contributed by atoms with Gasteiger partial charge in [0.2, 0.25) is 10.0 Å². The van der Waals surface area contributed by atoms with Gasteiger partial charge in [-0.2, -0.15) is 9.57 Å². The Kier molecular flexibility index (Phi) is 4.85. The zero-order valence-corrected chi connectivity index (χ0v) is 13.8. The summed E-state index contributed by atoms with van der Waals surface area (Å²) < 4.78 is 40.7. The summed E-state index contributed by atoms with van der Waals surface area (Å²) in [5, 5.41) is 8.75. The molecule has 7 heteroatoms. The van der Waals surface area contributed by atoms with Crippen LogP contribution in [-0.4, -0.2) is 49.3 Å². The smallest absolute Gasteiger partial charge is 0.246 e. The van der Waals surface area contributed by atoms with E-state index in [9.17, 15) is 12.8 Å². The van der Waals surface area contributed by atoms with E-state index in [1.165, 1.54) is 16.4 Å². The summed E-state index contributed by atoms with van der Waals surface area (Å²) in [5.74, 6) is -0.878. The quantitative estimate of drug-likeness (QED) is 0.850. The lowest BCUT2D eigenvalue weighted by molar-refractivity contribution is 0.0828. The topological polar surface area (TPSA) is 64.4 Å². The molecule has 0 aliphatic carbocycles. The Morgan fingerprint density at radius 1 is 1.32 bits per heavy atom. The van der Waals surface area contributed by atoms with Crippen LogP contribution >= 0.6 is 0 Å². The van der Waals surface area contributed by atoms with Crippen molar-refractivity contribution in [1.82, 2.24) is 9.21 Å². The van der Waals surface area contributed by atoms with E-state index in [0.29, 0.717) is 13.1 Å². The number of sulfonamides is 1. The highest BCUT2D eigenvalue weighted by Crippen LogP contribution is 2.25. The molecule has 1 fully saturated rings. The van der Waals surface area contributed by atoms with Crippen molar-refractivity contribution >= 4 is 10.0 Å². The summed E-state index contributed by atoms with van der Waals surface area (Å²) >= 11 is 0. The average Bonchev–Trinajstić information content (AvgIpc) is 2.46. The Morgan fingerprint density at radius 3 is 2.36 bits per heavy atom. The van der Waals surface area contributed by atoms with Crippen molar-refractivity contribution in [1.29, 1.82) is 5.26 Å². The van der Waals surface area contributed by atoms with Crippen molar-refractivity contribution in [3.05, 3.63) is 29.6 Å². The molecule has 0 radical (unpaired) electrons. The Morgan fingerprint density at radius 2 is 1.91 bits per heavy atom. The number of nitrogens with zero attached hydrogens (tertiary/aromatic N) is 3. The molecule has 2 atom stereocenters. The minimum atomic E-state index is -3.89. The van der Waals surface area contributed by atoms with Gasteiger partial charge in [0.15, 0.2) is 0 Å². The number of piperazine rings is 1. The van der Waals surface area contributed by atoms with E-state index in [0.717, 1.165) is 12.6 Å². The van der Waals surface area contributed by atoms with E-state index in [4.69, 9.17) is 5.26 Å². The second-order valence-electron chi connectivity index (χ2n) is 5.61. The molecule has 1 aromatic rings. The highest BCUT2D eigenvalue weighted by Gasteiger charge is 2.36. The predicted octanol–water partition coefficient (Wildman–Crippen LogP) is 1.80. The van der Waals surface area contributed by atoms with E-state index in [1.54, 1.807) is 6.07 Å². The lowest BCUT2D eigenvalue weighted by atomic mass is 10.1. The lowest BCUT2D eigenvalue weighted by Crippen LogP contribution is -2.57. The first kappa shape index (κ1) is 16.9. The third-order valence-corrected chi connectivity index (χ3v) is 5.98. The van der Waals surface area contributed by atoms with Gasteiger partial charge in [0, 0.05) is 25.2 Å². The highest BCUT2D eigenvalue weighted by molar-refractivity contribution is 7.89. The third kappa shape index (κ3) is 3.00. The maximum absolute atomic E-state index is 14.1. The first-order valence-corrected chi connectivity index (χ1v) is 8.70. The molecular weight excluding hydrogens is 305 g/mol. The molecule has 1 aliphatic heterocycles. The molecule has 0 bridgehead atoms. The van der Waals surface area contributed by atoms with Gasteiger partial charge in [0.25, 0.3) is 0 Å². The van der Waals surface area contributed by atoms with E-state index >= 15 is 0 Å². The number of nitriles is 1. The minimum Gasteiger partial charge on any atom is -0.296 e. The Labute approximate surface area is 131 Å². The molecule has 1 heterocycles. The molecule has 22 heavy (non-hydrogen) atoms. The van der Waals surface area contributed by atoms with Gasteiger partial charge < -0.3 is 0 Å². The van der Waals surface area contributed by atoms with Gasteiger partial charge in [0.1, 0.15) is 10.7 Å². The maximum Gasteiger partial charge on any atom is 0.246 e. The molecule has 1 aliphatic rings. The Bertz CT molecular complexity index is 687. The van der Waals surface area contributed by atoms with Crippen molar-refractivity contribution in [2.75, 3.05) is 19.6 Å². The number of benzene rings is 1. The summed E-state index contributed by atoms with van der Waals surface area (Å²) in [5.41, 5.74) is 0.106. The fourth-order valence-electron chi connectivity index (χ4n) is 3.05. The largest absolute Gasteiger partial charge is 0.296 e. The zero-order valence-electron chi connectivity index (χ0n) is 13.0. The molecule has 5 nitrogen and oxygen atoms in total. The van der Waals surface area contributed by atoms with E-state index < -0.39 is 15.8 Å². The first-order valence-electron chi connectivity index (χ1n) is 7.26. The lowest BCUT2D eigenvalue weighted by Gasteiger charge is -2.43. The summed E-state index contributed by atoms with van der Waals surface area (Å²) in [4.78, 5) is 1.86. The van der Waals surface area contributed by atoms with Gasteiger partial charge in [-0.05, 0) is 38.6 Å². The standard InChI is InChI=1S/C15H20FN3O2S/c1-4-19-11(2)9-18(10-12(19)3)22(20,21)15-6-5-13(8-17)7-14(15)16/h5-7,11-12H,4,9-10H2,1-3H3/t11-,12+. The van der Waals surface area contributed by atoms with Crippen LogP contribution in [0.3, 0.4) is 0 Å². The predicted molar refractivity (Wildman–Crippen MR) is 81.2 cm³/mol. The molecule has 2 rings (SSSR count). The van der Waals surface area contributed by atoms with E-state index in [2.05, 4.69) is 4.90 Å². The summed E-state index contributed by atoms with van der Waals surface area (Å²) in [6.07, 6.45) is 0. The fraction of sp³-hybridized carbons (Fsp3) is 0.533. The normalized spacial score (nSPS) is 24.1. The maximum atomic E-state index is 14.1. The number of hydrogen-bond acceptors (Lipinski definition) is 4. The number of rotatable bonds is 3. The van der Waals surface area contributed by atoms with Crippen LogP contribution in [0, 0.1) is 17.1 Å². The van der Waals surface area contributed by atoms with Crippen LogP contribution in [0.5, 0.6) is 0 Å². The van der Waals surface area contributed by atoms with Gasteiger partial charge in [-0.3, -0.25) is 4.90 Å². The Hall–Kier alpha value is -1.49. The number of likely N-dealkylation sites (N-methyl/N-ethyl adjacent to an activating group) is 1. The van der Waals surface area contributed by atoms with Crippen LogP contribution in [0.2, 0.25) is 0 Å². The van der Waals surface area contributed by atoms with Crippen LogP contribution in [-0.2, 0) is 10.0 Å². The van der Waals surface area contributed by atoms with Crippen molar-refractivity contribution in [2.24, 2.45) is 0 Å². The van der Waals surface area contributed by atoms with Gasteiger partial charge in [0.05, 0.1) is 11.6 Å².